The number of carboxylic acids is 1. The van der Waals surface area contributed by atoms with Crippen LogP contribution in [0.1, 0.15) is 6.42 Å². The van der Waals surface area contributed by atoms with Crippen molar-refractivity contribution in [2.45, 2.75) is 11.3 Å². The van der Waals surface area contributed by atoms with Crippen LogP contribution >= 0.6 is 55.3 Å². The number of benzene rings is 1. The van der Waals surface area contributed by atoms with Gasteiger partial charge < -0.3 is 5.11 Å². The van der Waals surface area contributed by atoms with Crippen molar-refractivity contribution in [1.29, 1.82) is 0 Å². The number of carbonyl (C=O) groups is 1. The Morgan fingerprint density at radius 3 is 2.82 bits per heavy atom. The lowest BCUT2D eigenvalue weighted by atomic mass is 10.3. The summed E-state index contributed by atoms with van der Waals surface area (Å²) in [7, 11) is 0. The van der Waals surface area contributed by atoms with Gasteiger partial charge in [-0.1, -0.05) is 0 Å². The number of fused-ring (bicyclic) bond motifs is 1. The Hall–Kier alpha value is -0.180. The maximum atomic E-state index is 10.5. The summed E-state index contributed by atoms with van der Waals surface area (Å²) in [6, 6.07) is 1.93. The molecule has 0 aliphatic carbocycles. The monoisotopic (exact) mass is 396 g/mol. The molecular weight excluding hydrogens is 392 g/mol. The van der Waals surface area contributed by atoms with Crippen LogP contribution in [0, 0.1) is 0 Å². The Morgan fingerprint density at radius 2 is 2.12 bits per heavy atom. The predicted molar refractivity (Wildman–Crippen MR) is 75.8 cm³/mol. The average Bonchev–Trinajstić information content (AvgIpc) is 2.74. The lowest BCUT2D eigenvalue weighted by Crippen LogP contribution is -1.96. The van der Waals surface area contributed by atoms with Gasteiger partial charge in [0, 0.05) is 15.1 Å². The summed E-state index contributed by atoms with van der Waals surface area (Å²) >= 11 is 9.56. The van der Waals surface area contributed by atoms with Crippen molar-refractivity contribution in [3.63, 3.8) is 0 Å². The van der Waals surface area contributed by atoms with Crippen molar-refractivity contribution in [2.75, 3.05) is 5.75 Å². The van der Waals surface area contributed by atoms with Gasteiger partial charge in [0.1, 0.15) is 11.0 Å². The molecule has 4 nitrogen and oxygen atoms in total. The van der Waals surface area contributed by atoms with E-state index in [0.717, 1.165) is 36.6 Å². The number of carboxylic acid groups (broad SMARTS) is 1. The second-order valence-electron chi connectivity index (χ2n) is 3.12. The second-order valence-corrected chi connectivity index (χ2v) is 6.44. The summed E-state index contributed by atoms with van der Waals surface area (Å²) in [5, 5.41) is 8.60. The Labute approximate surface area is 122 Å². The summed E-state index contributed by atoms with van der Waals surface area (Å²) in [5.74, 6) is -0.257. The predicted octanol–water partition coefficient (Wildman–Crippen LogP) is 3.78. The van der Waals surface area contributed by atoms with E-state index in [4.69, 9.17) is 5.11 Å². The average molecular weight is 398 g/mol. The lowest BCUT2D eigenvalue weighted by Gasteiger charge is -2.04. The van der Waals surface area contributed by atoms with Gasteiger partial charge in [0.2, 0.25) is 0 Å². The van der Waals surface area contributed by atoms with Crippen LogP contribution < -0.4 is 0 Å². The zero-order chi connectivity index (χ0) is 12.4. The first kappa shape index (κ1) is 13.3. The van der Waals surface area contributed by atoms with Gasteiger partial charge in [-0.3, -0.25) is 4.79 Å². The van der Waals surface area contributed by atoms with Crippen LogP contribution in [0.25, 0.3) is 11.0 Å². The summed E-state index contributed by atoms with van der Waals surface area (Å²) in [6.07, 6.45) is 0.141. The number of halogens is 2. The van der Waals surface area contributed by atoms with E-state index in [9.17, 15) is 4.79 Å². The van der Waals surface area contributed by atoms with Crippen molar-refractivity contribution in [3.05, 3.63) is 15.0 Å². The van der Waals surface area contributed by atoms with Crippen LogP contribution in [0.15, 0.2) is 19.9 Å². The quantitative estimate of drug-likeness (QED) is 0.795. The first-order valence-corrected chi connectivity index (χ1v) is 7.84. The van der Waals surface area contributed by atoms with Crippen LogP contribution in [-0.4, -0.2) is 25.6 Å². The van der Waals surface area contributed by atoms with Gasteiger partial charge in [-0.05, 0) is 37.9 Å². The van der Waals surface area contributed by atoms with E-state index in [1.165, 1.54) is 11.8 Å². The highest BCUT2D eigenvalue weighted by Crippen LogP contribution is 2.37. The molecule has 90 valence electrons. The maximum Gasteiger partial charge on any atom is 0.304 e. The molecule has 0 aliphatic rings. The van der Waals surface area contributed by atoms with Gasteiger partial charge in [-0.15, -0.1) is 11.8 Å². The number of hydrogen-bond donors (Lipinski definition) is 1. The van der Waals surface area contributed by atoms with Gasteiger partial charge in [0.25, 0.3) is 0 Å². The van der Waals surface area contributed by atoms with E-state index in [-0.39, 0.29) is 6.42 Å². The van der Waals surface area contributed by atoms with Crippen LogP contribution in [0.2, 0.25) is 0 Å². The van der Waals surface area contributed by atoms with E-state index in [0.29, 0.717) is 5.75 Å². The zero-order valence-corrected chi connectivity index (χ0v) is 13.1. The van der Waals surface area contributed by atoms with E-state index in [1.807, 2.05) is 6.07 Å². The van der Waals surface area contributed by atoms with Gasteiger partial charge >= 0.3 is 5.97 Å². The number of nitrogens with zero attached hydrogens (tertiary/aromatic N) is 2. The Morgan fingerprint density at radius 1 is 1.41 bits per heavy atom. The zero-order valence-electron chi connectivity index (χ0n) is 8.31. The highest BCUT2D eigenvalue weighted by atomic mass is 79.9. The normalized spacial score (nSPS) is 10.9. The molecule has 0 saturated heterocycles. The van der Waals surface area contributed by atoms with E-state index < -0.39 is 5.97 Å². The first-order chi connectivity index (χ1) is 8.09. The highest BCUT2D eigenvalue weighted by molar-refractivity contribution is 9.11. The molecule has 1 aromatic carbocycles. The summed E-state index contributed by atoms with van der Waals surface area (Å²) in [5.41, 5.74) is 1.63. The lowest BCUT2D eigenvalue weighted by molar-refractivity contribution is -0.136. The number of rotatable bonds is 4. The van der Waals surface area contributed by atoms with Crippen molar-refractivity contribution in [3.8, 4) is 0 Å². The SMILES string of the molecule is O=C(O)CCSc1cc(Br)c2nsnc2c1Br. The third kappa shape index (κ3) is 2.98. The summed E-state index contributed by atoms with van der Waals surface area (Å²) in [6.45, 7) is 0. The molecule has 1 aromatic heterocycles. The smallest absolute Gasteiger partial charge is 0.304 e. The molecule has 0 amide bonds. The third-order valence-corrected chi connectivity index (χ3v) is 5.21. The summed E-state index contributed by atoms with van der Waals surface area (Å²) < 4.78 is 10.1. The van der Waals surface area contributed by atoms with Crippen molar-refractivity contribution < 1.29 is 9.90 Å². The van der Waals surface area contributed by atoms with Crippen LogP contribution in [0.4, 0.5) is 0 Å². The number of hydrogen-bond acceptors (Lipinski definition) is 5. The fourth-order valence-corrected chi connectivity index (χ4v) is 4.32. The van der Waals surface area contributed by atoms with Crippen molar-refractivity contribution >= 4 is 72.4 Å². The highest BCUT2D eigenvalue weighted by Gasteiger charge is 2.13. The minimum absolute atomic E-state index is 0.141. The Balaban J connectivity index is 2.28. The number of thioether (sulfide) groups is 1. The standard InChI is InChI=1S/C9H6Br2N2O2S2/c10-4-3-5(16-2-1-6(14)15)7(11)9-8(4)12-17-13-9/h3H,1-2H2,(H,14,15). The molecule has 0 spiro atoms. The van der Waals surface area contributed by atoms with Crippen molar-refractivity contribution in [2.24, 2.45) is 0 Å². The topological polar surface area (TPSA) is 63.1 Å². The molecular formula is C9H6Br2N2O2S2. The van der Waals surface area contributed by atoms with E-state index >= 15 is 0 Å². The first-order valence-electron chi connectivity index (χ1n) is 4.54. The molecule has 1 N–H and O–H groups in total. The van der Waals surface area contributed by atoms with E-state index in [2.05, 4.69) is 40.6 Å². The van der Waals surface area contributed by atoms with Gasteiger partial charge in [-0.25, -0.2) is 0 Å². The molecule has 0 atom stereocenters. The summed E-state index contributed by atoms with van der Waals surface area (Å²) in [4.78, 5) is 11.4. The molecule has 0 unspecified atom stereocenters. The molecule has 1 heterocycles. The molecule has 0 saturated carbocycles. The molecule has 8 heteroatoms. The number of aliphatic carboxylic acids is 1. The van der Waals surface area contributed by atoms with Crippen molar-refractivity contribution in [1.82, 2.24) is 8.75 Å². The molecule has 0 bridgehead atoms. The second kappa shape index (κ2) is 5.64. The molecule has 0 radical (unpaired) electrons. The molecule has 17 heavy (non-hydrogen) atoms. The van der Waals surface area contributed by atoms with Gasteiger partial charge in [-0.2, -0.15) is 8.75 Å². The van der Waals surface area contributed by atoms with E-state index in [1.54, 1.807) is 0 Å². The molecule has 2 aromatic rings. The van der Waals surface area contributed by atoms with Gasteiger partial charge in [0.05, 0.1) is 22.6 Å². The van der Waals surface area contributed by atoms with Crippen LogP contribution in [-0.2, 0) is 4.79 Å². The largest absolute Gasteiger partial charge is 0.481 e. The minimum atomic E-state index is -0.788. The molecule has 2 rings (SSSR count). The number of aromatic nitrogens is 2. The molecule has 0 aliphatic heterocycles. The maximum absolute atomic E-state index is 10.5. The Kier molecular flexibility index (Phi) is 4.40. The van der Waals surface area contributed by atoms with Crippen LogP contribution in [0.5, 0.6) is 0 Å². The minimum Gasteiger partial charge on any atom is -0.481 e. The Bertz CT molecular complexity index is 573. The molecule has 0 fully saturated rings. The third-order valence-electron chi connectivity index (χ3n) is 1.97. The fraction of sp³-hybridized carbons (Fsp3) is 0.222. The fourth-order valence-electron chi connectivity index (χ4n) is 1.21. The van der Waals surface area contributed by atoms with Gasteiger partial charge in [0.15, 0.2) is 0 Å². The van der Waals surface area contributed by atoms with Crippen LogP contribution in [0.3, 0.4) is 0 Å².